The normalized spacial score (nSPS) is 11.8. The van der Waals surface area contributed by atoms with Crippen LogP contribution in [0.5, 0.6) is 0 Å². The fraction of sp³-hybridized carbons (Fsp3) is 0. The third-order valence-electron chi connectivity index (χ3n) is 16.8. The van der Waals surface area contributed by atoms with Crippen molar-refractivity contribution in [2.45, 2.75) is 0 Å². The highest BCUT2D eigenvalue weighted by Gasteiger charge is 2.30. The molecule has 12 aromatic carbocycles. The summed E-state index contributed by atoms with van der Waals surface area (Å²) < 4.78 is 9.53. The maximum absolute atomic E-state index is 8.57. The molecule has 8 nitrogen and oxygen atoms in total. The Balaban J connectivity index is 1.02. The molecular weight excluding hydrogens is 1020 g/mol. The number of hydrogen-bond acceptors (Lipinski definition) is 3. The minimum absolute atomic E-state index is 0.435. The van der Waals surface area contributed by atoms with Gasteiger partial charge in [0.1, 0.15) is 0 Å². The molecule has 0 aliphatic rings. The lowest BCUT2D eigenvalue weighted by Crippen LogP contribution is -2.08. The van der Waals surface area contributed by atoms with Crippen molar-refractivity contribution in [1.29, 1.82) is 0 Å². The van der Waals surface area contributed by atoms with E-state index in [1.54, 1.807) is 0 Å². The van der Waals surface area contributed by atoms with Gasteiger partial charge in [-0.15, -0.1) is 0 Å². The molecule has 0 saturated carbocycles. The number of nitrogens with zero attached hydrogens (tertiary/aromatic N) is 8. The van der Waals surface area contributed by atoms with Gasteiger partial charge in [0.2, 0.25) is 5.95 Å². The molecule has 0 N–H and O–H groups in total. The van der Waals surface area contributed by atoms with Crippen molar-refractivity contribution < 1.29 is 0 Å². The molecule has 5 aromatic heterocycles. The van der Waals surface area contributed by atoms with Gasteiger partial charge < -0.3 is 13.7 Å². The number of para-hydroxylation sites is 5. The van der Waals surface area contributed by atoms with Crippen molar-refractivity contribution in [2.75, 3.05) is 0 Å². The first-order valence-electron chi connectivity index (χ1n) is 28.2. The Morgan fingerprint density at radius 2 is 0.679 bits per heavy atom. The van der Waals surface area contributed by atoms with Crippen molar-refractivity contribution >= 4 is 92.9 Å². The molecule has 390 valence electrons. The number of hydrogen-bond donors (Lipinski definition) is 0. The van der Waals surface area contributed by atoms with Crippen LogP contribution in [0.15, 0.2) is 279 Å². The summed E-state index contributed by atoms with van der Waals surface area (Å²) in [5.74, 6) is 1.41. The molecule has 17 aromatic rings. The molecule has 0 amide bonds. The standard InChI is InChI=1S/C76H46N8/c1-77-53-41-44-67(61(47-53)75-78-74(50-27-11-4-12-28-50)79-76(80-75)84-65-42-39-51(48-23-7-2-8-24-48)45-59(65)60-46-52(40-43-66(60)84)49-25-9-3-10-26-49)83-64-38-22-19-35-58(64)70-72-68(56-33-17-20-36-62(56)81(72)54-29-13-5-14-30-54)71-69(73(70)83)57-34-18-21-37-63(57)82(71)55-31-15-6-16-32-55/h2-47H. The Kier molecular flexibility index (Phi) is 10.5. The van der Waals surface area contributed by atoms with Crippen molar-refractivity contribution in [3.63, 3.8) is 0 Å². The van der Waals surface area contributed by atoms with E-state index >= 15 is 0 Å². The van der Waals surface area contributed by atoms with Crippen molar-refractivity contribution in [1.82, 2.24) is 33.2 Å². The average Bonchev–Trinajstić information content (AvgIpc) is 1.78. The zero-order chi connectivity index (χ0) is 55.4. The lowest BCUT2D eigenvalue weighted by Gasteiger charge is -2.17. The van der Waals surface area contributed by atoms with Crippen LogP contribution in [-0.2, 0) is 0 Å². The van der Waals surface area contributed by atoms with Crippen LogP contribution in [0.4, 0.5) is 5.69 Å². The van der Waals surface area contributed by atoms with Gasteiger partial charge in [0.25, 0.3) is 0 Å². The van der Waals surface area contributed by atoms with E-state index in [1.807, 2.05) is 42.5 Å². The van der Waals surface area contributed by atoms with Gasteiger partial charge in [-0.3, -0.25) is 4.57 Å². The molecule has 84 heavy (non-hydrogen) atoms. The van der Waals surface area contributed by atoms with Crippen LogP contribution >= 0.6 is 0 Å². The molecular formula is C76H46N8. The summed E-state index contributed by atoms with van der Waals surface area (Å²) in [5.41, 5.74) is 17.8. The third kappa shape index (κ3) is 7.09. The zero-order valence-electron chi connectivity index (χ0n) is 45.1. The van der Waals surface area contributed by atoms with Crippen LogP contribution in [0.1, 0.15) is 0 Å². The second kappa shape index (κ2) is 18.7. The van der Waals surface area contributed by atoms with Crippen LogP contribution in [0.25, 0.3) is 160 Å². The summed E-state index contributed by atoms with van der Waals surface area (Å²) >= 11 is 0. The van der Waals surface area contributed by atoms with Crippen LogP contribution < -0.4 is 0 Å². The Hall–Kier alpha value is -11.7. The van der Waals surface area contributed by atoms with Gasteiger partial charge in [-0.25, -0.2) is 9.83 Å². The van der Waals surface area contributed by atoms with Gasteiger partial charge in [-0.1, -0.05) is 200 Å². The Morgan fingerprint density at radius 1 is 0.286 bits per heavy atom. The Bertz CT molecular complexity index is 5370. The van der Waals surface area contributed by atoms with Crippen LogP contribution in [0.3, 0.4) is 0 Å². The van der Waals surface area contributed by atoms with Crippen molar-refractivity contribution in [3.8, 4) is 68.0 Å². The lowest BCUT2D eigenvalue weighted by atomic mass is 10.0. The molecule has 5 heterocycles. The first-order chi connectivity index (χ1) is 41.7. The highest BCUT2D eigenvalue weighted by Crippen LogP contribution is 2.51. The predicted molar refractivity (Wildman–Crippen MR) is 345 cm³/mol. The first-order valence-corrected chi connectivity index (χ1v) is 28.2. The molecule has 0 bridgehead atoms. The fourth-order valence-corrected chi connectivity index (χ4v) is 13.2. The smallest absolute Gasteiger partial charge is 0.238 e. The van der Waals surface area contributed by atoms with E-state index in [4.69, 9.17) is 21.5 Å². The second-order valence-corrected chi connectivity index (χ2v) is 21.4. The number of rotatable bonds is 8. The average molecular weight is 1070 g/mol. The summed E-state index contributed by atoms with van der Waals surface area (Å²) in [7, 11) is 0. The molecule has 0 aliphatic carbocycles. The maximum Gasteiger partial charge on any atom is 0.238 e. The summed E-state index contributed by atoms with van der Waals surface area (Å²) in [6, 6.07) is 98.5. The van der Waals surface area contributed by atoms with E-state index < -0.39 is 0 Å². The van der Waals surface area contributed by atoms with Gasteiger partial charge in [0, 0.05) is 65.6 Å². The van der Waals surface area contributed by atoms with Crippen LogP contribution in [0, 0.1) is 6.57 Å². The summed E-state index contributed by atoms with van der Waals surface area (Å²) in [5, 5.41) is 8.91. The van der Waals surface area contributed by atoms with Gasteiger partial charge in [0.05, 0.1) is 56.4 Å². The van der Waals surface area contributed by atoms with Crippen LogP contribution in [-0.4, -0.2) is 33.2 Å². The van der Waals surface area contributed by atoms with Gasteiger partial charge in [-0.05, 0) is 101 Å². The molecule has 17 rings (SSSR count). The molecule has 0 radical (unpaired) electrons. The number of benzene rings is 12. The topological polar surface area (TPSA) is 62.8 Å². The second-order valence-electron chi connectivity index (χ2n) is 21.4. The monoisotopic (exact) mass is 1070 g/mol. The van der Waals surface area contributed by atoms with Crippen molar-refractivity contribution in [2.24, 2.45) is 0 Å². The van der Waals surface area contributed by atoms with E-state index in [2.05, 4.69) is 260 Å². The molecule has 0 atom stereocenters. The van der Waals surface area contributed by atoms with E-state index in [9.17, 15) is 0 Å². The van der Waals surface area contributed by atoms with E-state index in [-0.39, 0.29) is 0 Å². The number of fused-ring (bicyclic) bond motifs is 15. The molecule has 0 aliphatic heterocycles. The van der Waals surface area contributed by atoms with Gasteiger partial charge in [-0.2, -0.15) is 9.97 Å². The summed E-state index contributed by atoms with van der Waals surface area (Å²) in [6.45, 7) is 8.57. The molecule has 8 heteroatoms. The quantitative estimate of drug-likeness (QED) is 0.142. The summed E-state index contributed by atoms with van der Waals surface area (Å²) in [6.07, 6.45) is 0. The van der Waals surface area contributed by atoms with Gasteiger partial charge in [0.15, 0.2) is 17.3 Å². The molecule has 0 fully saturated rings. The molecule has 0 saturated heterocycles. The maximum atomic E-state index is 8.57. The van der Waals surface area contributed by atoms with Crippen LogP contribution in [0.2, 0.25) is 0 Å². The number of aromatic nitrogens is 7. The van der Waals surface area contributed by atoms with Crippen molar-refractivity contribution in [3.05, 3.63) is 290 Å². The molecule has 0 spiro atoms. The van der Waals surface area contributed by atoms with Gasteiger partial charge >= 0.3 is 0 Å². The van der Waals surface area contributed by atoms with E-state index in [0.29, 0.717) is 28.8 Å². The summed E-state index contributed by atoms with van der Waals surface area (Å²) in [4.78, 5) is 20.7. The highest BCUT2D eigenvalue weighted by molar-refractivity contribution is 6.40. The predicted octanol–water partition coefficient (Wildman–Crippen LogP) is 19.5. The Morgan fingerprint density at radius 3 is 1.15 bits per heavy atom. The SMILES string of the molecule is [C-]#[N+]c1ccc(-n2c3ccccc3c3c4c(c5ccccc5n4-c4ccccc4)c4c(c5ccccc5n4-c4ccccc4)c32)c(-c2nc(-c3ccccc3)nc(-n3c4ccc(-c5ccccc5)cc4c4cc(-c5ccccc5)ccc43)n2)c1. The van der Waals surface area contributed by atoms with E-state index in [0.717, 1.165) is 132 Å². The highest BCUT2D eigenvalue weighted by atomic mass is 15.2. The fourth-order valence-electron chi connectivity index (χ4n) is 13.2. The first kappa shape index (κ1) is 47.2. The minimum atomic E-state index is 0.435. The lowest BCUT2D eigenvalue weighted by molar-refractivity contribution is 0.952. The molecule has 0 unspecified atom stereocenters. The largest absolute Gasteiger partial charge is 0.308 e. The Labute approximate surface area is 482 Å². The minimum Gasteiger partial charge on any atom is -0.308 e. The third-order valence-corrected chi connectivity index (χ3v) is 16.8. The van der Waals surface area contributed by atoms with E-state index in [1.165, 1.54) is 0 Å². The zero-order valence-corrected chi connectivity index (χ0v) is 45.1.